The van der Waals surface area contributed by atoms with Gasteiger partial charge in [0.05, 0.1) is 13.0 Å². The number of benzene rings is 3. The first-order chi connectivity index (χ1) is 15.9. The van der Waals surface area contributed by atoms with E-state index >= 15 is 0 Å². The van der Waals surface area contributed by atoms with Gasteiger partial charge in [-0.15, -0.1) is 0 Å². The molecule has 0 aromatic heterocycles. The summed E-state index contributed by atoms with van der Waals surface area (Å²) in [4.78, 5) is 2.21. The zero-order valence-electron chi connectivity index (χ0n) is 18.0. The molecule has 1 heterocycles. The van der Waals surface area contributed by atoms with Crippen LogP contribution < -0.4 is 14.4 Å². The highest BCUT2D eigenvalue weighted by Gasteiger charge is 2.44. The number of methoxy groups -OCH3 is 1. The van der Waals surface area contributed by atoms with Gasteiger partial charge < -0.3 is 14.4 Å². The second-order valence-electron chi connectivity index (χ2n) is 7.13. The lowest BCUT2D eigenvalue weighted by Crippen LogP contribution is -2.27. The molecular formula is C23H20F3NO5S2. The normalized spacial score (nSPS) is 13.2. The minimum Gasteiger partial charge on any atom is -0.497 e. The molecular weight excluding hydrogens is 491 g/mol. The van der Waals surface area contributed by atoms with Crippen LogP contribution in [0.25, 0.3) is 0 Å². The fourth-order valence-corrected chi connectivity index (χ4v) is 3.79. The molecule has 4 rings (SSSR count). The van der Waals surface area contributed by atoms with Crippen LogP contribution in [0.5, 0.6) is 11.5 Å². The van der Waals surface area contributed by atoms with Gasteiger partial charge in [0.2, 0.25) is 0 Å². The van der Waals surface area contributed by atoms with E-state index in [1.807, 2.05) is 48.5 Å². The molecule has 0 amide bonds. The molecule has 11 heteroatoms. The van der Waals surface area contributed by atoms with Crippen LogP contribution in [0.3, 0.4) is 0 Å². The van der Waals surface area contributed by atoms with Gasteiger partial charge >= 0.3 is 15.6 Å². The predicted molar refractivity (Wildman–Crippen MR) is 127 cm³/mol. The Morgan fingerprint density at radius 1 is 0.912 bits per heavy atom. The largest absolute Gasteiger partial charge is 0.522 e. The summed E-state index contributed by atoms with van der Waals surface area (Å²) >= 11 is 5.74. The first-order valence-electron chi connectivity index (χ1n) is 9.75. The van der Waals surface area contributed by atoms with Crippen molar-refractivity contribution in [1.82, 2.24) is 0 Å². The van der Waals surface area contributed by atoms with Gasteiger partial charge in [-0.05, 0) is 59.7 Å². The molecule has 3 aromatic carbocycles. The van der Waals surface area contributed by atoms with Crippen molar-refractivity contribution in [3.05, 3.63) is 83.9 Å². The van der Waals surface area contributed by atoms with Crippen molar-refractivity contribution in [2.24, 2.45) is 0 Å². The Morgan fingerprint density at radius 2 is 1.32 bits per heavy atom. The fraction of sp³-hybridized carbons (Fsp3) is 0.174. The number of thiocarbonyl (C=S) groups is 1. The molecule has 0 unspecified atom stereocenters. The molecule has 0 atom stereocenters. The summed E-state index contributed by atoms with van der Waals surface area (Å²) in [5.41, 5.74) is -0.916. The highest BCUT2D eigenvalue weighted by Crippen LogP contribution is 2.45. The number of fused-ring (bicyclic) bond motifs is 2. The Balaban J connectivity index is 0.000000350. The van der Waals surface area contributed by atoms with Gasteiger partial charge in [0.15, 0.2) is 5.05 Å². The van der Waals surface area contributed by atoms with Crippen LogP contribution in [0.1, 0.15) is 17.0 Å². The molecule has 0 spiro atoms. The van der Waals surface area contributed by atoms with Crippen LogP contribution >= 0.6 is 12.2 Å². The third kappa shape index (κ3) is 5.49. The van der Waals surface area contributed by atoms with Crippen molar-refractivity contribution < 1.29 is 35.6 Å². The maximum atomic E-state index is 10.7. The van der Waals surface area contributed by atoms with Crippen LogP contribution in [0.4, 0.5) is 24.5 Å². The van der Waals surface area contributed by atoms with Gasteiger partial charge in [-0.2, -0.15) is 21.6 Å². The lowest BCUT2D eigenvalue weighted by molar-refractivity contribution is -0.0510. The van der Waals surface area contributed by atoms with Crippen molar-refractivity contribution >= 4 is 38.8 Å². The predicted octanol–water partition coefficient (Wildman–Crippen LogP) is 5.71. The SMILES string of the molecule is COc1ccc(OC(=S)C2c3ccccc3N(C)c3ccccc32)cc1.O=S(=O)(O)C(F)(F)F. The highest BCUT2D eigenvalue weighted by molar-refractivity contribution is 7.86. The maximum Gasteiger partial charge on any atom is 0.522 e. The Hall–Kier alpha value is -3.15. The number of para-hydroxylation sites is 2. The Labute approximate surface area is 200 Å². The third-order valence-corrected chi connectivity index (χ3v) is 5.93. The fourth-order valence-electron chi connectivity index (χ4n) is 3.44. The van der Waals surface area contributed by atoms with Gasteiger partial charge in [0, 0.05) is 18.4 Å². The van der Waals surface area contributed by atoms with E-state index in [9.17, 15) is 13.2 Å². The summed E-state index contributed by atoms with van der Waals surface area (Å²) in [5, 5.41) is 0.545. The molecule has 3 aromatic rings. The van der Waals surface area contributed by atoms with Crippen molar-refractivity contribution in [2.75, 3.05) is 19.1 Å². The van der Waals surface area contributed by atoms with Gasteiger partial charge in [-0.3, -0.25) is 4.55 Å². The van der Waals surface area contributed by atoms with Crippen LogP contribution in [-0.2, 0) is 10.1 Å². The van der Waals surface area contributed by atoms with Gasteiger partial charge in [-0.25, -0.2) is 0 Å². The quantitative estimate of drug-likeness (QED) is 0.274. The summed E-state index contributed by atoms with van der Waals surface area (Å²) < 4.78 is 68.8. The Kier molecular flexibility index (Phi) is 7.49. The van der Waals surface area contributed by atoms with Gasteiger partial charge in [0.25, 0.3) is 0 Å². The average molecular weight is 512 g/mol. The van der Waals surface area contributed by atoms with E-state index in [4.69, 9.17) is 34.7 Å². The number of nitrogens with zero attached hydrogens (tertiary/aromatic N) is 1. The zero-order valence-corrected chi connectivity index (χ0v) is 19.6. The van der Waals surface area contributed by atoms with Crippen LogP contribution in [0.2, 0.25) is 0 Å². The highest BCUT2D eigenvalue weighted by atomic mass is 32.2. The van der Waals surface area contributed by atoms with E-state index < -0.39 is 15.6 Å². The van der Waals surface area contributed by atoms with Crippen LogP contribution in [0, 0.1) is 0 Å². The van der Waals surface area contributed by atoms with E-state index in [2.05, 4.69) is 36.2 Å². The summed E-state index contributed by atoms with van der Waals surface area (Å²) in [6, 6.07) is 24.2. The maximum absolute atomic E-state index is 10.7. The second-order valence-corrected chi connectivity index (χ2v) is 8.94. The first-order valence-corrected chi connectivity index (χ1v) is 11.6. The second kappa shape index (κ2) is 10.00. The molecule has 0 aliphatic carbocycles. The first kappa shape index (κ1) is 25.5. The number of rotatable bonds is 3. The molecule has 34 heavy (non-hydrogen) atoms. The van der Waals surface area contributed by atoms with E-state index in [0.717, 1.165) is 28.3 Å². The van der Waals surface area contributed by atoms with Gasteiger partial charge in [0.1, 0.15) is 11.5 Å². The average Bonchev–Trinajstić information content (AvgIpc) is 2.79. The minimum atomic E-state index is -5.84. The van der Waals surface area contributed by atoms with E-state index in [-0.39, 0.29) is 5.92 Å². The molecule has 6 nitrogen and oxygen atoms in total. The molecule has 0 saturated carbocycles. The van der Waals surface area contributed by atoms with Crippen molar-refractivity contribution in [2.45, 2.75) is 11.4 Å². The van der Waals surface area contributed by atoms with E-state index in [1.54, 1.807) is 7.11 Å². The monoisotopic (exact) mass is 511 g/mol. The van der Waals surface area contributed by atoms with Crippen molar-refractivity contribution in [1.29, 1.82) is 0 Å². The Morgan fingerprint density at radius 3 is 1.74 bits per heavy atom. The minimum absolute atomic E-state index is 0.0873. The number of anilines is 2. The van der Waals surface area contributed by atoms with Crippen LogP contribution in [-0.4, -0.2) is 37.7 Å². The number of halogens is 3. The van der Waals surface area contributed by atoms with Crippen molar-refractivity contribution in [3.8, 4) is 11.5 Å². The lowest BCUT2D eigenvalue weighted by atomic mass is 9.85. The van der Waals surface area contributed by atoms with E-state index in [0.29, 0.717) is 10.8 Å². The molecule has 1 aliphatic rings. The zero-order chi connectivity index (χ0) is 25.1. The third-order valence-electron chi connectivity index (χ3n) is 5.02. The standard InChI is InChI=1S/C22H19NO2S.CHF3O3S/c1-23-19-9-5-3-7-17(19)21(18-8-4-6-10-20(18)23)22(26)25-16-13-11-15(24-2)12-14-16;2-1(3,4)8(5,6)7/h3-14,21H,1-2H3;(H,5,6,7). The smallest absolute Gasteiger partial charge is 0.497 e. The summed E-state index contributed by atoms with van der Waals surface area (Å²) in [7, 11) is -2.11. The molecule has 1 N–H and O–H groups in total. The summed E-state index contributed by atoms with van der Waals surface area (Å²) in [6.07, 6.45) is 0. The molecule has 0 saturated heterocycles. The summed E-state index contributed by atoms with van der Waals surface area (Å²) in [6.45, 7) is 0. The topological polar surface area (TPSA) is 76.1 Å². The molecule has 0 bridgehead atoms. The molecule has 1 aliphatic heterocycles. The molecule has 180 valence electrons. The number of hydrogen-bond donors (Lipinski definition) is 1. The van der Waals surface area contributed by atoms with Crippen molar-refractivity contribution in [3.63, 3.8) is 0 Å². The molecule has 0 radical (unpaired) electrons. The lowest BCUT2D eigenvalue weighted by Gasteiger charge is -2.35. The van der Waals surface area contributed by atoms with E-state index in [1.165, 1.54) is 0 Å². The Bertz CT molecular complexity index is 1230. The summed E-state index contributed by atoms with van der Waals surface area (Å²) in [5.74, 6) is 1.42. The van der Waals surface area contributed by atoms with Gasteiger partial charge in [-0.1, -0.05) is 36.4 Å². The van der Waals surface area contributed by atoms with Crippen LogP contribution in [0.15, 0.2) is 72.8 Å². The number of ether oxygens (including phenoxy) is 2. The number of hydrogen-bond acceptors (Lipinski definition) is 6. The number of alkyl halides is 3. The molecule has 0 fully saturated rings.